The van der Waals surface area contributed by atoms with Gasteiger partial charge in [-0.15, -0.1) is 0 Å². The third-order valence-electron chi connectivity index (χ3n) is 6.93. The Labute approximate surface area is 186 Å². The number of hydrogen-bond donors (Lipinski definition) is 3. The molecule has 0 saturated heterocycles. The average Bonchev–Trinajstić information content (AvgIpc) is 3.21. The summed E-state index contributed by atoms with van der Waals surface area (Å²) in [6.07, 6.45) is 7.03. The van der Waals surface area contributed by atoms with Crippen molar-refractivity contribution >= 4 is 28.4 Å². The number of carbonyl (C=O) groups is 2. The van der Waals surface area contributed by atoms with E-state index in [-0.39, 0.29) is 29.8 Å². The number of fused-ring (bicyclic) bond motifs is 2. The number of nitrogens with zero attached hydrogens (tertiary/aromatic N) is 1. The van der Waals surface area contributed by atoms with E-state index >= 15 is 0 Å². The first-order chi connectivity index (χ1) is 15.5. The zero-order valence-corrected chi connectivity index (χ0v) is 18.2. The lowest BCUT2D eigenvalue weighted by Crippen LogP contribution is -2.39. The van der Waals surface area contributed by atoms with Crippen molar-refractivity contribution < 1.29 is 9.59 Å². The zero-order valence-electron chi connectivity index (χ0n) is 18.2. The van der Waals surface area contributed by atoms with Gasteiger partial charge in [0.05, 0.1) is 0 Å². The van der Waals surface area contributed by atoms with Crippen molar-refractivity contribution in [2.75, 3.05) is 5.32 Å². The Morgan fingerprint density at radius 2 is 2.03 bits per heavy atom. The Morgan fingerprint density at radius 3 is 2.81 bits per heavy atom. The Bertz CT molecular complexity index is 1250. The van der Waals surface area contributed by atoms with Crippen LogP contribution >= 0.6 is 0 Å². The minimum atomic E-state index is -0.306. The molecule has 1 unspecified atom stereocenters. The number of H-pyrrole nitrogens is 1. The molecular weight excluding hydrogens is 404 g/mol. The van der Waals surface area contributed by atoms with Gasteiger partial charge < -0.3 is 20.2 Å². The van der Waals surface area contributed by atoms with Gasteiger partial charge in [-0.25, -0.2) is 0 Å². The third-order valence-corrected chi connectivity index (χ3v) is 6.93. The molecule has 1 aromatic carbocycles. The lowest BCUT2D eigenvalue weighted by molar-refractivity contribution is -0.122. The molecule has 3 heterocycles. The molecule has 0 radical (unpaired) electrons. The highest BCUT2D eigenvalue weighted by molar-refractivity contribution is 5.95. The number of amides is 2. The molecule has 2 amide bonds. The summed E-state index contributed by atoms with van der Waals surface area (Å²) < 4.78 is 1.44. The fourth-order valence-electron chi connectivity index (χ4n) is 4.84. The predicted octanol–water partition coefficient (Wildman–Crippen LogP) is 3.26. The maximum absolute atomic E-state index is 13.1. The number of pyridine rings is 1. The van der Waals surface area contributed by atoms with Crippen LogP contribution in [0.15, 0.2) is 41.3 Å². The van der Waals surface area contributed by atoms with Gasteiger partial charge in [-0.1, -0.05) is 25.3 Å². The molecule has 1 fully saturated rings. The summed E-state index contributed by atoms with van der Waals surface area (Å²) in [6.45, 7) is 2.15. The van der Waals surface area contributed by atoms with Crippen LogP contribution in [0, 0.1) is 18.8 Å². The molecule has 1 aliphatic carbocycles. The van der Waals surface area contributed by atoms with E-state index in [1.165, 1.54) is 23.8 Å². The van der Waals surface area contributed by atoms with Crippen molar-refractivity contribution in [3.8, 4) is 0 Å². The monoisotopic (exact) mass is 432 g/mol. The second-order valence-corrected chi connectivity index (χ2v) is 9.18. The average molecular weight is 433 g/mol. The van der Waals surface area contributed by atoms with Gasteiger partial charge in [0.15, 0.2) is 0 Å². The smallest absolute Gasteiger partial charge is 0.275 e. The quantitative estimate of drug-likeness (QED) is 0.558. The summed E-state index contributed by atoms with van der Waals surface area (Å²) in [5.74, 6) is 0.259. The van der Waals surface area contributed by atoms with Crippen molar-refractivity contribution in [3.05, 3.63) is 63.7 Å². The van der Waals surface area contributed by atoms with E-state index in [0.29, 0.717) is 24.6 Å². The van der Waals surface area contributed by atoms with Crippen LogP contribution in [0.1, 0.15) is 42.5 Å². The Kier molecular flexibility index (Phi) is 5.33. The van der Waals surface area contributed by atoms with Crippen molar-refractivity contribution in [1.29, 1.82) is 0 Å². The van der Waals surface area contributed by atoms with E-state index in [1.807, 2.05) is 43.5 Å². The van der Waals surface area contributed by atoms with Crippen molar-refractivity contribution in [2.45, 2.75) is 52.1 Å². The predicted molar refractivity (Wildman–Crippen MR) is 123 cm³/mol. The molecule has 1 atom stereocenters. The van der Waals surface area contributed by atoms with Crippen LogP contribution in [0.3, 0.4) is 0 Å². The molecule has 7 nitrogen and oxygen atoms in total. The maximum Gasteiger partial charge on any atom is 0.275 e. The fraction of sp³-hybridized carbons (Fsp3) is 0.400. The van der Waals surface area contributed by atoms with Crippen LogP contribution < -0.4 is 16.2 Å². The molecule has 3 N–H and O–H groups in total. The van der Waals surface area contributed by atoms with Crippen LogP contribution in [-0.2, 0) is 29.1 Å². The highest BCUT2D eigenvalue weighted by atomic mass is 16.2. The van der Waals surface area contributed by atoms with Crippen molar-refractivity contribution in [3.63, 3.8) is 0 Å². The Balaban J connectivity index is 1.27. The van der Waals surface area contributed by atoms with Gasteiger partial charge >= 0.3 is 0 Å². The molecule has 1 aliphatic heterocycles. The number of benzene rings is 1. The second-order valence-electron chi connectivity index (χ2n) is 9.18. The molecular formula is C25H28N4O3. The summed E-state index contributed by atoms with van der Waals surface area (Å²) in [5, 5.41) is 6.82. The number of rotatable bonds is 6. The summed E-state index contributed by atoms with van der Waals surface area (Å²) in [7, 11) is 0. The molecule has 5 rings (SSSR count). The zero-order chi connectivity index (χ0) is 22.2. The molecule has 0 spiro atoms. The lowest BCUT2D eigenvalue weighted by atomic mass is 9.76. The van der Waals surface area contributed by atoms with Gasteiger partial charge in [0.1, 0.15) is 12.2 Å². The number of aromatic amines is 1. The van der Waals surface area contributed by atoms with E-state index in [4.69, 9.17) is 0 Å². The van der Waals surface area contributed by atoms with E-state index < -0.39 is 0 Å². The van der Waals surface area contributed by atoms with Crippen LogP contribution in [0.25, 0.3) is 10.9 Å². The molecule has 166 valence electrons. The number of aryl methyl sites for hydroxylation is 1. The Morgan fingerprint density at radius 1 is 1.19 bits per heavy atom. The summed E-state index contributed by atoms with van der Waals surface area (Å²) >= 11 is 0. The first-order valence-electron chi connectivity index (χ1n) is 11.3. The Hall–Kier alpha value is -3.35. The highest BCUT2D eigenvalue weighted by Crippen LogP contribution is 2.35. The van der Waals surface area contributed by atoms with Gasteiger partial charge in [-0.2, -0.15) is 0 Å². The first kappa shape index (κ1) is 20.5. The number of anilines is 1. The topological polar surface area (TPSA) is 96.0 Å². The molecule has 2 aromatic heterocycles. The van der Waals surface area contributed by atoms with Gasteiger partial charge in [0, 0.05) is 29.9 Å². The third kappa shape index (κ3) is 3.95. The number of aromatic nitrogens is 2. The van der Waals surface area contributed by atoms with Gasteiger partial charge in [-0.3, -0.25) is 14.4 Å². The lowest BCUT2D eigenvalue weighted by Gasteiger charge is -2.32. The summed E-state index contributed by atoms with van der Waals surface area (Å²) in [5.41, 5.74) is 3.68. The second kappa shape index (κ2) is 8.30. The van der Waals surface area contributed by atoms with Crippen LogP contribution in [-0.4, -0.2) is 21.4 Å². The summed E-state index contributed by atoms with van der Waals surface area (Å²) in [6, 6.07) is 9.90. The minimum Gasteiger partial charge on any atom is -0.361 e. The first-order valence-corrected chi connectivity index (χ1v) is 11.3. The minimum absolute atomic E-state index is 0.0666. The van der Waals surface area contributed by atoms with Gasteiger partial charge in [0.2, 0.25) is 11.8 Å². The normalized spacial score (nSPS) is 18.2. The van der Waals surface area contributed by atoms with E-state index in [9.17, 15) is 14.4 Å². The van der Waals surface area contributed by atoms with Crippen LogP contribution in [0.2, 0.25) is 0 Å². The van der Waals surface area contributed by atoms with Crippen molar-refractivity contribution in [1.82, 2.24) is 14.9 Å². The molecule has 32 heavy (non-hydrogen) atoms. The molecule has 3 aromatic rings. The fourth-order valence-corrected chi connectivity index (χ4v) is 4.84. The summed E-state index contributed by atoms with van der Waals surface area (Å²) in [4.78, 5) is 41.4. The number of nitrogens with one attached hydrogen (secondary N) is 3. The van der Waals surface area contributed by atoms with Gasteiger partial charge in [-0.05, 0) is 66.5 Å². The molecule has 7 heteroatoms. The van der Waals surface area contributed by atoms with Crippen LogP contribution in [0.4, 0.5) is 5.69 Å². The largest absolute Gasteiger partial charge is 0.361 e. The molecule has 2 aliphatic rings. The molecule has 1 saturated carbocycles. The van der Waals surface area contributed by atoms with E-state index in [1.54, 1.807) is 0 Å². The van der Waals surface area contributed by atoms with Crippen molar-refractivity contribution in [2.24, 2.45) is 11.8 Å². The molecule has 0 bridgehead atoms. The van der Waals surface area contributed by atoms with Crippen LogP contribution in [0.5, 0.6) is 0 Å². The van der Waals surface area contributed by atoms with E-state index in [0.717, 1.165) is 34.1 Å². The van der Waals surface area contributed by atoms with Gasteiger partial charge in [0.25, 0.3) is 5.56 Å². The standard InChI is InChI=1S/C25H28N4O3/c1-15-9-19-12-20(10-16-3-2-4-16)24(31)28-23(19)25(32)29(15)14-22(30)27-13-17-5-6-21-18(11-17)7-8-26-21/h5-9,11,16,20,26H,2-4,10,12-14H2,1H3,(H,27,30)(H,28,31). The SMILES string of the molecule is Cc1cc2c(c(=O)n1CC(=O)NCc1ccc3[nH]ccc3c1)NC(=O)C(CC1CCC1)C2. The number of hydrogen-bond acceptors (Lipinski definition) is 3. The van der Waals surface area contributed by atoms with E-state index in [2.05, 4.69) is 15.6 Å². The maximum atomic E-state index is 13.1. The number of carbonyl (C=O) groups excluding carboxylic acids is 2. The highest BCUT2D eigenvalue weighted by Gasteiger charge is 2.32.